The second kappa shape index (κ2) is 2.29. The van der Waals surface area contributed by atoms with Crippen LogP contribution < -0.4 is 5.64 Å². The summed E-state index contributed by atoms with van der Waals surface area (Å²) in [6.45, 7) is 1.55. The Hall–Kier alpha value is 0.0449. The van der Waals surface area contributed by atoms with Gasteiger partial charge >= 0.3 is 6.98 Å². The van der Waals surface area contributed by atoms with Gasteiger partial charge in [0.25, 0.3) is 0 Å². The van der Waals surface area contributed by atoms with Crippen LogP contribution in [0.4, 0.5) is 0 Å². The monoisotopic (exact) mass is 88.0 g/mol. The minimum atomic E-state index is -0.176. The summed E-state index contributed by atoms with van der Waals surface area (Å²) >= 11 is 4.18. The number of nitrogens with zero attached hydrogens (tertiary/aromatic N) is 1. The lowest BCUT2D eigenvalue weighted by atomic mass is 9.86. The van der Waals surface area contributed by atoms with Gasteiger partial charge < -0.3 is 5.64 Å². The molecule has 0 unspecified atom stereocenters. The third kappa shape index (κ3) is 4.04. The van der Waals surface area contributed by atoms with E-state index in [1.807, 2.05) is 0 Å². The SMILES string of the molecule is CB(N)N=S. The van der Waals surface area contributed by atoms with Gasteiger partial charge in [0.15, 0.2) is 0 Å². The summed E-state index contributed by atoms with van der Waals surface area (Å²) in [5, 5.41) is 0. The van der Waals surface area contributed by atoms with E-state index in [9.17, 15) is 0 Å². The highest BCUT2D eigenvalue weighted by molar-refractivity contribution is 7.48. The van der Waals surface area contributed by atoms with E-state index < -0.39 is 0 Å². The van der Waals surface area contributed by atoms with Crippen LogP contribution in [0.15, 0.2) is 4.27 Å². The number of hydrogen-bond acceptors (Lipinski definition) is 3. The van der Waals surface area contributed by atoms with Crippen LogP contribution in [0.1, 0.15) is 0 Å². The highest BCUT2D eigenvalue weighted by atomic mass is 32.1. The van der Waals surface area contributed by atoms with Crippen molar-refractivity contribution in [3.8, 4) is 0 Å². The molecule has 0 aromatic rings. The maximum Gasteiger partial charge on any atom is 0.370 e. The van der Waals surface area contributed by atoms with Crippen molar-refractivity contribution in [2.45, 2.75) is 6.82 Å². The molecule has 0 saturated heterocycles. The first-order valence-electron chi connectivity index (χ1n) is 1.35. The molecule has 0 bridgehead atoms. The zero-order valence-corrected chi connectivity index (χ0v) is 3.83. The van der Waals surface area contributed by atoms with Crippen molar-refractivity contribution in [2.24, 2.45) is 9.92 Å². The van der Waals surface area contributed by atoms with Crippen LogP contribution >= 0.6 is 0 Å². The molecule has 2 nitrogen and oxygen atoms in total. The van der Waals surface area contributed by atoms with E-state index in [2.05, 4.69) is 16.7 Å². The largest absolute Gasteiger partial charge is 0.370 e. The van der Waals surface area contributed by atoms with E-state index in [-0.39, 0.29) is 6.98 Å². The zero-order chi connectivity index (χ0) is 4.28. The highest BCUT2D eigenvalue weighted by Gasteiger charge is 1.88. The van der Waals surface area contributed by atoms with Crippen molar-refractivity contribution in [1.82, 2.24) is 0 Å². The normalized spacial score (nSPS) is 6.80. The van der Waals surface area contributed by atoms with Gasteiger partial charge in [0.05, 0.1) is 0 Å². The maximum atomic E-state index is 5.02. The molecule has 0 spiro atoms. The summed E-state index contributed by atoms with van der Waals surface area (Å²) in [6.07, 6.45) is 0. The summed E-state index contributed by atoms with van der Waals surface area (Å²) in [6, 6.07) is 0. The molecular formula is CH5BN2S. The van der Waals surface area contributed by atoms with E-state index in [4.69, 9.17) is 5.64 Å². The van der Waals surface area contributed by atoms with Gasteiger partial charge in [-0.1, -0.05) is 0 Å². The molecule has 4 heteroatoms. The van der Waals surface area contributed by atoms with E-state index in [0.29, 0.717) is 0 Å². The lowest BCUT2D eigenvalue weighted by molar-refractivity contribution is 1.66. The minimum absolute atomic E-state index is 0.176. The van der Waals surface area contributed by atoms with Crippen LogP contribution in [0.3, 0.4) is 0 Å². The molecule has 0 saturated carbocycles. The van der Waals surface area contributed by atoms with Gasteiger partial charge in [-0.3, -0.25) is 4.27 Å². The number of rotatable bonds is 1. The Bertz CT molecular complexity index is 36.6. The molecule has 0 aliphatic rings. The van der Waals surface area contributed by atoms with Crippen LogP contribution in [0.25, 0.3) is 0 Å². The van der Waals surface area contributed by atoms with Gasteiger partial charge in [0, 0.05) is 12.4 Å². The fourth-order valence-electron chi connectivity index (χ4n) is 0. The first-order chi connectivity index (χ1) is 2.27. The highest BCUT2D eigenvalue weighted by Crippen LogP contribution is 1.61. The Morgan fingerprint density at radius 2 is 2.20 bits per heavy atom. The molecule has 2 N–H and O–H groups in total. The lowest BCUT2D eigenvalue weighted by Crippen LogP contribution is -2.16. The van der Waals surface area contributed by atoms with Gasteiger partial charge in [-0.25, -0.2) is 0 Å². The van der Waals surface area contributed by atoms with Gasteiger partial charge in [-0.05, 0) is 6.82 Å². The van der Waals surface area contributed by atoms with E-state index in [0.717, 1.165) is 0 Å². The standard InChI is InChI=1S/CH5BN2S/c1-2(3)4-5/h3H2,1H3. The molecule has 0 radical (unpaired) electrons. The second-order valence-corrected chi connectivity index (χ2v) is 1.06. The average Bonchev–Trinajstić information content (AvgIpc) is 1.38. The summed E-state index contributed by atoms with van der Waals surface area (Å²) in [5.74, 6) is 0. The smallest absolute Gasteiger partial charge is 0.349 e. The van der Waals surface area contributed by atoms with Crippen molar-refractivity contribution in [1.29, 1.82) is 0 Å². The van der Waals surface area contributed by atoms with Crippen LogP contribution in [0, 0.1) is 0 Å². The average molecular weight is 87.9 g/mol. The van der Waals surface area contributed by atoms with Crippen molar-refractivity contribution in [3.05, 3.63) is 0 Å². The Morgan fingerprint density at radius 1 is 2.00 bits per heavy atom. The third-order valence-corrected chi connectivity index (χ3v) is 0.499. The zero-order valence-electron chi connectivity index (χ0n) is 3.01. The summed E-state index contributed by atoms with van der Waals surface area (Å²) < 4.78 is 3.25. The van der Waals surface area contributed by atoms with Crippen molar-refractivity contribution in [3.63, 3.8) is 0 Å². The predicted octanol–water partition coefficient (Wildman–Crippen LogP) is -0.206. The molecule has 0 aliphatic heterocycles. The molecule has 5 heavy (non-hydrogen) atoms. The molecule has 0 aromatic carbocycles. The first-order valence-corrected chi connectivity index (χ1v) is 1.72. The van der Waals surface area contributed by atoms with Crippen LogP contribution in [0.5, 0.6) is 0 Å². The number of hydrogen-bond donors (Lipinski definition) is 1. The molecule has 0 fully saturated rings. The van der Waals surface area contributed by atoms with Crippen LogP contribution in [-0.4, -0.2) is 6.98 Å². The molecule has 0 heterocycles. The van der Waals surface area contributed by atoms with Crippen LogP contribution in [-0.2, 0) is 12.4 Å². The van der Waals surface area contributed by atoms with E-state index in [1.54, 1.807) is 6.82 Å². The van der Waals surface area contributed by atoms with Gasteiger partial charge in [0.1, 0.15) is 0 Å². The third-order valence-electron chi connectivity index (χ3n) is 0.166. The Kier molecular flexibility index (Phi) is 2.31. The molecule has 0 aliphatic carbocycles. The van der Waals surface area contributed by atoms with Crippen molar-refractivity contribution < 1.29 is 0 Å². The van der Waals surface area contributed by atoms with Gasteiger partial charge in [0.2, 0.25) is 0 Å². The topological polar surface area (TPSA) is 38.4 Å². The molecule has 0 rings (SSSR count). The van der Waals surface area contributed by atoms with Gasteiger partial charge in [-0.15, -0.1) is 0 Å². The molecular weight excluding hydrogens is 82.9 g/mol. The fraction of sp³-hybridized carbons (Fsp3) is 1.00. The van der Waals surface area contributed by atoms with Crippen molar-refractivity contribution in [2.75, 3.05) is 0 Å². The molecule has 0 aromatic heterocycles. The summed E-state index contributed by atoms with van der Waals surface area (Å²) in [4.78, 5) is 0. The van der Waals surface area contributed by atoms with Crippen molar-refractivity contribution >= 4 is 19.4 Å². The van der Waals surface area contributed by atoms with Crippen LogP contribution in [0.2, 0.25) is 6.82 Å². The Balaban J connectivity index is 2.83. The number of nitrogens with two attached hydrogens (primary N) is 1. The summed E-state index contributed by atoms with van der Waals surface area (Å²) in [5.41, 5.74) is 5.02. The van der Waals surface area contributed by atoms with Gasteiger partial charge in [-0.2, -0.15) is 0 Å². The molecule has 0 atom stereocenters. The second-order valence-electron chi connectivity index (χ2n) is 0.846. The summed E-state index contributed by atoms with van der Waals surface area (Å²) in [7, 11) is 0. The quantitative estimate of drug-likeness (QED) is 0.450. The lowest BCUT2D eigenvalue weighted by Gasteiger charge is -1.75. The fourth-order valence-corrected chi connectivity index (χ4v) is 0. The van der Waals surface area contributed by atoms with E-state index >= 15 is 0 Å². The molecule has 0 amide bonds. The predicted molar refractivity (Wildman–Crippen MR) is 25.6 cm³/mol. The van der Waals surface area contributed by atoms with E-state index in [1.165, 1.54) is 0 Å². The maximum absolute atomic E-state index is 5.02. The Morgan fingerprint density at radius 3 is 2.20 bits per heavy atom. The Labute approximate surface area is 37.0 Å². The first kappa shape index (κ1) is 5.04. The minimum Gasteiger partial charge on any atom is -0.349 e. The molecule has 28 valence electrons.